The molecule has 0 radical (unpaired) electrons. The molecule has 0 aromatic carbocycles. The predicted octanol–water partition coefficient (Wildman–Crippen LogP) is 16.0. The summed E-state index contributed by atoms with van der Waals surface area (Å²) in [6.07, 6.45) is 51.5. The summed E-state index contributed by atoms with van der Waals surface area (Å²) in [7, 11) is 0. The van der Waals surface area contributed by atoms with E-state index >= 15 is 0 Å². The van der Waals surface area contributed by atoms with Crippen molar-refractivity contribution in [3.05, 3.63) is 0 Å². The first-order valence-corrected chi connectivity index (χ1v) is 23.0. The average molecular weight is 707 g/mol. The van der Waals surface area contributed by atoms with E-state index in [2.05, 4.69) is 13.8 Å². The Labute approximate surface area is 313 Å². The van der Waals surface area contributed by atoms with Crippen LogP contribution in [0.25, 0.3) is 0 Å². The van der Waals surface area contributed by atoms with Crippen molar-refractivity contribution in [3.8, 4) is 0 Å². The van der Waals surface area contributed by atoms with Gasteiger partial charge in [0.15, 0.2) is 0 Å². The highest BCUT2D eigenvalue weighted by atomic mass is 16.5. The van der Waals surface area contributed by atoms with E-state index in [1.54, 1.807) is 0 Å². The van der Waals surface area contributed by atoms with E-state index in [-0.39, 0.29) is 18.5 Å². The molecule has 50 heavy (non-hydrogen) atoms. The zero-order valence-corrected chi connectivity index (χ0v) is 34.2. The van der Waals surface area contributed by atoms with E-state index in [4.69, 9.17) is 9.84 Å². The van der Waals surface area contributed by atoms with Crippen molar-refractivity contribution >= 4 is 11.9 Å². The zero-order chi connectivity index (χ0) is 36.4. The molecule has 4 nitrogen and oxygen atoms in total. The normalized spacial score (nSPS) is 12.0. The van der Waals surface area contributed by atoms with Crippen LogP contribution in [-0.4, -0.2) is 23.1 Å². The van der Waals surface area contributed by atoms with Gasteiger partial charge in [-0.05, 0) is 38.5 Å². The molecule has 0 heterocycles. The first kappa shape index (κ1) is 48.9. The van der Waals surface area contributed by atoms with Crippen LogP contribution in [0.5, 0.6) is 0 Å². The second-order valence-corrected chi connectivity index (χ2v) is 16.0. The van der Waals surface area contributed by atoms with Crippen molar-refractivity contribution in [2.45, 2.75) is 283 Å². The molecule has 1 unspecified atom stereocenters. The molecule has 0 aliphatic heterocycles. The maximum Gasteiger partial charge on any atom is 0.306 e. The fourth-order valence-corrected chi connectivity index (χ4v) is 7.42. The second kappa shape index (κ2) is 42.4. The zero-order valence-electron chi connectivity index (χ0n) is 34.2. The van der Waals surface area contributed by atoms with Gasteiger partial charge in [-0.15, -0.1) is 0 Å². The van der Waals surface area contributed by atoms with Gasteiger partial charge in [0.05, 0.1) is 0 Å². The number of esters is 1. The Hall–Kier alpha value is -1.06. The highest BCUT2D eigenvalue weighted by Gasteiger charge is 2.14. The Balaban J connectivity index is 3.75. The summed E-state index contributed by atoms with van der Waals surface area (Å²) >= 11 is 0. The number of hydrogen-bond acceptors (Lipinski definition) is 3. The number of carboxylic acids is 1. The summed E-state index contributed by atoms with van der Waals surface area (Å²) in [6, 6.07) is 0. The lowest BCUT2D eigenvalue weighted by Crippen LogP contribution is -2.18. The number of carbonyl (C=O) groups excluding carboxylic acids is 1. The van der Waals surface area contributed by atoms with E-state index in [1.165, 1.54) is 186 Å². The van der Waals surface area contributed by atoms with E-state index in [0.29, 0.717) is 6.42 Å². The molecular formula is C46H90O4. The molecule has 0 fully saturated rings. The molecule has 1 atom stereocenters. The number of carboxylic acid groups (broad SMARTS) is 1. The summed E-state index contributed by atoms with van der Waals surface area (Å²) < 4.78 is 6.01. The van der Waals surface area contributed by atoms with Gasteiger partial charge in [0.2, 0.25) is 0 Å². The molecule has 0 aliphatic carbocycles. The van der Waals surface area contributed by atoms with Crippen LogP contribution in [0.1, 0.15) is 277 Å². The van der Waals surface area contributed by atoms with Gasteiger partial charge < -0.3 is 9.84 Å². The number of aliphatic carboxylic acids is 1. The van der Waals surface area contributed by atoms with Crippen LogP contribution >= 0.6 is 0 Å². The van der Waals surface area contributed by atoms with Crippen molar-refractivity contribution in [3.63, 3.8) is 0 Å². The van der Waals surface area contributed by atoms with Crippen molar-refractivity contribution in [1.82, 2.24) is 0 Å². The van der Waals surface area contributed by atoms with E-state index in [1.807, 2.05) is 0 Å². The van der Waals surface area contributed by atoms with Crippen LogP contribution in [0.15, 0.2) is 0 Å². The van der Waals surface area contributed by atoms with Gasteiger partial charge in [-0.3, -0.25) is 9.59 Å². The van der Waals surface area contributed by atoms with E-state index in [9.17, 15) is 9.59 Å². The molecular weight excluding hydrogens is 617 g/mol. The Morgan fingerprint density at radius 1 is 0.360 bits per heavy atom. The molecule has 1 N–H and O–H groups in total. The second-order valence-electron chi connectivity index (χ2n) is 16.0. The molecule has 0 saturated carbocycles. The predicted molar refractivity (Wildman–Crippen MR) is 218 cm³/mol. The van der Waals surface area contributed by atoms with Crippen LogP contribution in [0.4, 0.5) is 0 Å². The lowest BCUT2D eigenvalue weighted by molar-refractivity contribution is -0.150. The Bertz CT molecular complexity index is 677. The van der Waals surface area contributed by atoms with Gasteiger partial charge >= 0.3 is 11.9 Å². The number of carbonyl (C=O) groups is 2. The minimum Gasteiger partial charge on any atom is -0.481 e. The summed E-state index contributed by atoms with van der Waals surface area (Å²) in [6.45, 7) is 4.57. The topological polar surface area (TPSA) is 63.6 Å². The molecule has 0 amide bonds. The average Bonchev–Trinajstić information content (AvgIpc) is 3.10. The fraction of sp³-hybridized carbons (Fsp3) is 0.957. The van der Waals surface area contributed by atoms with E-state index in [0.717, 1.165) is 64.2 Å². The molecule has 0 aromatic heterocycles. The minimum atomic E-state index is -0.696. The first-order valence-electron chi connectivity index (χ1n) is 23.0. The quantitative estimate of drug-likeness (QED) is 0.0506. The number of ether oxygens (including phenoxy) is 1. The largest absolute Gasteiger partial charge is 0.481 e. The Morgan fingerprint density at radius 2 is 0.600 bits per heavy atom. The van der Waals surface area contributed by atoms with Crippen LogP contribution in [0, 0.1) is 0 Å². The van der Waals surface area contributed by atoms with Crippen molar-refractivity contribution in [1.29, 1.82) is 0 Å². The monoisotopic (exact) mass is 707 g/mol. The number of hydrogen-bond donors (Lipinski definition) is 1. The SMILES string of the molecule is CCCCCCCCCCCCCCCCCCCCCCCCCC(=O)OC(CCCCCCCCCCC)CCCCCCCC(=O)O. The third-order valence-electron chi connectivity index (χ3n) is 10.8. The molecule has 298 valence electrons. The van der Waals surface area contributed by atoms with Crippen LogP contribution in [0.2, 0.25) is 0 Å². The number of rotatable bonds is 43. The van der Waals surface area contributed by atoms with Crippen molar-refractivity contribution in [2.24, 2.45) is 0 Å². The molecule has 0 bridgehead atoms. The van der Waals surface area contributed by atoms with Gasteiger partial charge in [-0.2, -0.15) is 0 Å². The van der Waals surface area contributed by atoms with E-state index < -0.39 is 5.97 Å². The lowest BCUT2D eigenvalue weighted by Gasteiger charge is -2.18. The molecule has 0 spiro atoms. The minimum absolute atomic E-state index is 0.0101. The first-order chi connectivity index (χ1) is 24.6. The third kappa shape index (κ3) is 41.4. The molecule has 0 aliphatic rings. The number of unbranched alkanes of at least 4 members (excludes halogenated alkanes) is 34. The summed E-state index contributed by atoms with van der Waals surface area (Å²) in [5.41, 5.74) is 0. The van der Waals surface area contributed by atoms with Gasteiger partial charge in [0.1, 0.15) is 6.10 Å². The maximum atomic E-state index is 12.7. The third-order valence-corrected chi connectivity index (χ3v) is 10.8. The summed E-state index contributed by atoms with van der Waals surface area (Å²) in [4.78, 5) is 23.4. The molecule has 4 heteroatoms. The van der Waals surface area contributed by atoms with Crippen LogP contribution in [-0.2, 0) is 14.3 Å². The van der Waals surface area contributed by atoms with Crippen LogP contribution < -0.4 is 0 Å². The summed E-state index contributed by atoms with van der Waals surface area (Å²) in [5, 5.41) is 8.82. The van der Waals surface area contributed by atoms with Gasteiger partial charge in [0, 0.05) is 12.8 Å². The highest BCUT2D eigenvalue weighted by molar-refractivity contribution is 5.69. The van der Waals surface area contributed by atoms with Crippen LogP contribution in [0.3, 0.4) is 0 Å². The highest BCUT2D eigenvalue weighted by Crippen LogP contribution is 2.20. The molecule has 0 aromatic rings. The Kier molecular flexibility index (Phi) is 41.5. The fourth-order valence-electron chi connectivity index (χ4n) is 7.42. The summed E-state index contributed by atoms with van der Waals surface area (Å²) in [5.74, 6) is -0.686. The van der Waals surface area contributed by atoms with Gasteiger partial charge in [-0.1, -0.05) is 226 Å². The van der Waals surface area contributed by atoms with Crippen molar-refractivity contribution < 1.29 is 19.4 Å². The molecule has 0 rings (SSSR count). The smallest absolute Gasteiger partial charge is 0.306 e. The maximum absolute atomic E-state index is 12.7. The van der Waals surface area contributed by atoms with Gasteiger partial charge in [0.25, 0.3) is 0 Å². The lowest BCUT2D eigenvalue weighted by atomic mass is 10.0. The van der Waals surface area contributed by atoms with Gasteiger partial charge in [-0.25, -0.2) is 0 Å². The van der Waals surface area contributed by atoms with Crippen molar-refractivity contribution in [2.75, 3.05) is 0 Å². The molecule has 0 saturated heterocycles. The Morgan fingerprint density at radius 3 is 0.880 bits per heavy atom. The standard InChI is InChI=1S/C46H90O4/c1-3-5-7-9-11-13-14-15-16-17-18-19-20-21-22-23-24-25-26-28-30-35-39-43-46(49)50-44(41-37-33-31-34-38-42-45(47)48)40-36-32-29-27-12-10-8-6-4-2/h44H,3-43H2,1-2H3,(H,47,48).